The first-order valence-electron chi connectivity index (χ1n) is 16.5. The number of amides is 2. The van der Waals surface area contributed by atoms with Gasteiger partial charge in [0.15, 0.2) is 0 Å². The van der Waals surface area contributed by atoms with Gasteiger partial charge in [-0.05, 0) is 53.6 Å². The third-order valence-electron chi connectivity index (χ3n) is 8.63. The Morgan fingerprint density at radius 3 is 2.00 bits per heavy atom. The molecule has 0 aliphatic heterocycles. The Kier molecular flexibility index (Phi) is 12.4. The van der Waals surface area contributed by atoms with Crippen LogP contribution in [0.5, 0.6) is 5.75 Å². The number of sulfonamides is 1. The molecule has 0 spiro atoms. The van der Waals surface area contributed by atoms with Crippen LogP contribution in [0, 0.1) is 0 Å². The summed E-state index contributed by atoms with van der Waals surface area (Å²) in [6, 6.07) is 27.5. The minimum Gasteiger partial charge on any atom is -0.507 e. The average Bonchev–Trinajstić information content (AvgIpc) is 3.07. The summed E-state index contributed by atoms with van der Waals surface area (Å²) in [4.78, 5) is 27.3. The van der Waals surface area contributed by atoms with E-state index in [1.165, 1.54) is 25.2 Å². The Labute approximate surface area is 295 Å². The topological polar surface area (TPSA) is 148 Å². The van der Waals surface area contributed by atoms with Crippen LogP contribution in [0.2, 0.25) is 0 Å². The van der Waals surface area contributed by atoms with Crippen molar-refractivity contribution >= 4 is 27.5 Å². The van der Waals surface area contributed by atoms with Gasteiger partial charge in [-0.15, -0.1) is 0 Å². The number of phenols is 1. The molecular weight excluding hydrogens is 653 g/mol. The van der Waals surface area contributed by atoms with Crippen molar-refractivity contribution < 1.29 is 28.2 Å². The lowest BCUT2D eigenvalue weighted by Crippen LogP contribution is -2.48. The number of carbonyl (C=O) groups excluding carboxylic acids is 2. The van der Waals surface area contributed by atoms with E-state index in [9.17, 15) is 28.2 Å². The summed E-state index contributed by atoms with van der Waals surface area (Å²) in [5.41, 5.74) is 3.31. The number of nitrogens with one attached hydrogen (secondary N) is 3. The SMILES string of the molecule is C[C@@H](NC(=O)c1cc(C(=O)N[C@@H](Cc2ccccc2)[C@H](O)CNCc2cccc(C(C)(C)C)c2O)cc(N(C)S(C)(=O)=O)c1)c1ccccc1. The summed E-state index contributed by atoms with van der Waals surface area (Å²) in [5, 5.41) is 31.4. The Balaban J connectivity index is 1.58. The second kappa shape index (κ2) is 16.3. The molecule has 4 rings (SSSR count). The van der Waals surface area contributed by atoms with Gasteiger partial charge >= 0.3 is 0 Å². The van der Waals surface area contributed by atoms with Crippen molar-refractivity contribution in [1.29, 1.82) is 0 Å². The van der Waals surface area contributed by atoms with Gasteiger partial charge in [0.25, 0.3) is 11.8 Å². The molecule has 0 saturated carbocycles. The van der Waals surface area contributed by atoms with Crippen LogP contribution in [0.1, 0.15) is 76.7 Å². The van der Waals surface area contributed by atoms with Crippen LogP contribution in [0.25, 0.3) is 0 Å². The molecule has 4 aromatic carbocycles. The number of benzene rings is 4. The first kappa shape index (κ1) is 38.1. The number of anilines is 1. The molecule has 10 nitrogen and oxygen atoms in total. The van der Waals surface area contributed by atoms with E-state index >= 15 is 0 Å². The number of aromatic hydroxyl groups is 1. The van der Waals surface area contributed by atoms with Crippen molar-refractivity contribution in [2.45, 2.75) is 64.3 Å². The van der Waals surface area contributed by atoms with Crippen LogP contribution >= 0.6 is 0 Å². The quantitative estimate of drug-likeness (QED) is 0.123. The predicted molar refractivity (Wildman–Crippen MR) is 198 cm³/mol. The van der Waals surface area contributed by atoms with Gasteiger partial charge in [0.2, 0.25) is 10.0 Å². The van der Waals surface area contributed by atoms with E-state index in [4.69, 9.17) is 0 Å². The molecule has 0 saturated heterocycles. The van der Waals surface area contributed by atoms with Gasteiger partial charge in [-0.25, -0.2) is 8.42 Å². The Hall–Kier alpha value is -4.71. The lowest BCUT2D eigenvalue weighted by molar-refractivity contribution is 0.0830. The average molecular weight is 701 g/mol. The van der Waals surface area contributed by atoms with Crippen molar-refractivity contribution in [3.05, 3.63) is 130 Å². The van der Waals surface area contributed by atoms with Gasteiger partial charge in [-0.3, -0.25) is 13.9 Å². The van der Waals surface area contributed by atoms with Crippen molar-refractivity contribution in [3.8, 4) is 5.75 Å². The second-order valence-corrected chi connectivity index (χ2v) is 15.6. The summed E-state index contributed by atoms with van der Waals surface area (Å²) in [7, 11) is -2.38. The lowest BCUT2D eigenvalue weighted by Gasteiger charge is -2.26. The van der Waals surface area contributed by atoms with Gasteiger partial charge in [0.1, 0.15) is 5.75 Å². The highest BCUT2D eigenvalue weighted by Gasteiger charge is 2.26. The molecule has 0 aliphatic rings. The monoisotopic (exact) mass is 700 g/mol. The second-order valence-electron chi connectivity index (χ2n) is 13.6. The van der Waals surface area contributed by atoms with Crippen LogP contribution < -0.4 is 20.3 Å². The zero-order valence-electron chi connectivity index (χ0n) is 29.5. The molecule has 4 aromatic rings. The number of para-hydroxylation sites is 1. The maximum atomic E-state index is 13.9. The highest BCUT2D eigenvalue weighted by molar-refractivity contribution is 7.92. The minimum absolute atomic E-state index is 0.0534. The number of hydrogen-bond donors (Lipinski definition) is 5. The van der Waals surface area contributed by atoms with Crippen molar-refractivity contribution in [2.24, 2.45) is 0 Å². The number of aliphatic hydroxyl groups is 1. The van der Waals surface area contributed by atoms with Gasteiger partial charge in [0.05, 0.1) is 30.1 Å². The molecule has 0 heterocycles. The molecule has 11 heteroatoms. The maximum absolute atomic E-state index is 13.9. The number of aliphatic hydroxyl groups excluding tert-OH is 1. The fraction of sp³-hybridized carbons (Fsp3) is 0.333. The first-order chi connectivity index (χ1) is 23.5. The largest absolute Gasteiger partial charge is 0.507 e. The summed E-state index contributed by atoms with van der Waals surface area (Å²) in [6.07, 6.45) is 0.281. The molecule has 0 radical (unpaired) electrons. The fourth-order valence-electron chi connectivity index (χ4n) is 5.59. The van der Waals surface area contributed by atoms with E-state index in [1.807, 2.05) is 107 Å². The number of carbonyl (C=O) groups is 2. The van der Waals surface area contributed by atoms with E-state index in [-0.39, 0.29) is 40.6 Å². The number of nitrogens with zero attached hydrogens (tertiary/aromatic N) is 1. The molecule has 0 aliphatic carbocycles. The van der Waals surface area contributed by atoms with E-state index in [0.717, 1.165) is 27.3 Å². The molecule has 0 bridgehead atoms. The highest BCUT2D eigenvalue weighted by atomic mass is 32.2. The summed E-state index contributed by atoms with van der Waals surface area (Å²) < 4.78 is 26.0. The number of hydrogen-bond acceptors (Lipinski definition) is 7. The molecule has 0 aromatic heterocycles. The standard InChI is InChI=1S/C39H48N4O6S/c1-26(28-16-11-8-12-17-28)41-37(46)30-21-31(23-32(22-30)43(5)50(6,48)49)38(47)42-34(20-27-14-9-7-10-15-27)35(44)25-40-24-29-18-13-19-33(36(29)45)39(2,3)4/h7-19,21-23,26,34-35,40,44-45H,20,24-25H2,1-6H3,(H,41,46)(H,42,47)/t26-,34+,35-/m1/s1. The van der Waals surface area contributed by atoms with Crippen LogP contribution in [0.15, 0.2) is 97.1 Å². The van der Waals surface area contributed by atoms with Gasteiger partial charge in [-0.1, -0.05) is 99.6 Å². The molecule has 266 valence electrons. The fourth-order valence-corrected chi connectivity index (χ4v) is 6.08. The lowest BCUT2D eigenvalue weighted by atomic mass is 9.85. The highest BCUT2D eigenvalue weighted by Crippen LogP contribution is 2.33. The van der Waals surface area contributed by atoms with Crippen LogP contribution in [0.3, 0.4) is 0 Å². The summed E-state index contributed by atoms with van der Waals surface area (Å²) >= 11 is 0. The smallest absolute Gasteiger partial charge is 0.251 e. The normalized spacial score (nSPS) is 13.6. The number of phenolic OH excluding ortho intramolecular Hbond substituents is 1. The number of rotatable bonds is 14. The molecular formula is C39H48N4O6S. The zero-order valence-corrected chi connectivity index (χ0v) is 30.3. The molecule has 50 heavy (non-hydrogen) atoms. The molecule has 2 amide bonds. The third kappa shape index (κ3) is 10.2. The molecule has 0 unspecified atom stereocenters. The summed E-state index contributed by atoms with van der Waals surface area (Å²) in [6.45, 7) is 8.29. The molecule has 3 atom stereocenters. The minimum atomic E-state index is -3.73. The Morgan fingerprint density at radius 2 is 1.42 bits per heavy atom. The van der Waals surface area contributed by atoms with Gasteiger partial charge in [-0.2, -0.15) is 0 Å². The van der Waals surface area contributed by atoms with E-state index in [2.05, 4.69) is 16.0 Å². The van der Waals surface area contributed by atoms with Crippen molar-refractivity contribution in [3.63, 3.8) is 0 Å². The zero-order chi connectivity index (χ0) is 36.6. The van der Waals surface area contributed by atoms with Crippen LogP contribution in [-0.2, 0) is 28.4 Å². The van der Waals surface area contributed by atoms with Gasteiger partial charge < -0.3 is 26.2 Å². The first-order valence-corrected chi connectivity index (χ1v) is 18.4. The molecule has 5 N–H and O–H groups in total. The Morgan fingerprint density at radius 1 is 0.840 bits per heavy atom. The van der Waals surface area contributed by atoms with Crippen LogP contribution in [-0.4, -0.2) is 62.4 Å². The van der Waals surface area contributed by atoms with Crippen molar-refractivity contribution in [1.82, 2.24) is 16.0 Å². The molecule has 0 fully saturated rings. The van der Waals surface area contributed by atoms with E-state index < -0.39 is 34.0 Å². The van der Waals surface area contributed by atoms with Crippen molar-refractivity contribution in [2.75, 3.05) is 24.2 Å². The predicted octanol–water partition coefficient (Wildman–Crippen LogP) is 5.07. The van der Waals surface area contributed by atoms with Gasteiger partial charge in [0, 0.05) is 36.8 Å². The Bertz CT molecular complexity index is 1880. The summed E-state index contributed by atoms with van der Waals surface area (Å²) in [5.74, 6) is -0.870. The van der Waals surface area contributed by atoms with Crippen LogP contribution in [0.4, 0.5) is 5.69 Å². The van der Waals surface area contributed by atoms with E-state index in [1.54, 1.807) is 0 Å². The maximum Gasteiger partial charge on any atom is 0.251 e. The van der Waals surface area contributed by atoms with E-state index in [0.29, 0.717) is 18.5 Å². The third-order valence-corrected chi connectivity index (χ3v) is 9.83.